The van der Waals surface area contributed by atoms with Crippen LogP contribution in [0.5, 0.6) is 0 Å². The largest absolute Gasteiger partial charge is 0.300 e. The van der Waals surface area contributed by atoms with Gasteiger partial charge in [-0.15, -0.1) is 0 Å². The van der Waals surface area contributed by atoms with Gasteiger partial charge in [0, 0.05) is 12.8 Å². The molecule has 0 heterocycles. The predicted molar refractivity (Wildman–Crippen MR) is 136 cm³/mol. The van der Waals surface area contributed by atoms with Crippen molar-refractivity contribution in [1.29, 1.82) is 0 Å². The molecular weight excluding hydrogens is 364 g/mol. The van der Waals surface area contributed by atoms with Crippen molar-refractivity contribution in [3.63, 3.8) is 0 Å². The van der Waals surface area contributed by atoms with E-state index in [2.05, 4.69) is 71.9 Å². The van der Waals surface area contributed by atoms with E-state index in [1.165, 1.54) is 47.1 Å². The number of Topliss-reactive ketones (excluding diaryl/α,β-unsaturated/α-hetero) is 1. The molecule has 0 aliphatic carbocycles. The van der Waals surface area contributed by atoms with Gasteiger partial charge in [-0.25, -0.2) is 0 Å². The van der Waals surface area contributed by atoms with Crippen LogP contribution in [0.4, 0.5) is 0 Å². The fraction of sp³-hybridized carbons (Fsp3) is 0.621. The summed E-state index contributed by atoms with van der Waals surface area (Å²) in [6, 6.07) is 0. The Labute approximate surface area is 188 Å². The van der Waals surface area contributed by atoms with E-state index in [0.29, 0.717) is 18.6 Å². The highest BCUT2D eigenvalue weighted by Crippen LogP contribution is 2.14. The molecule has 1 heteroatoms. The number of carbonyl (C=O) groups is 1. The van der Waals surface area contributed by atoms with Crippen LogP contribution in [-0.2, 0) is 4.79 Å². The minimum Gasteiger partial charge on any atom is -0.300 e. The molecule has 0 unspecified atom stereocenters. The molecule has 1 nitrogen and oxygen atoms in total. The molecule has 0 spiro atoms. The van der Waals surface area contributed by atoms with Gasteiger partial charge >= 0.3 is 0 Å². The van der Waals surface area contributed by atoms with Crippen LogP contribution >= 0.6 is 0 Å². The third kappa shape index (κ3) is 18.4. The fourth-order valence-corrected chi connectivity index (χ4v) is 3.26. The first-order valence-electron chi connectivity index (χ1n) is 12.0. The molecule has 0 aliphatic rings. The van der Waals surface area contributed by atoms with Crippen molar-refractivity contribution in [2.24, 2.45) is 0 Å². The molecule has 0 saturated carbocycles. The second kappa shape index (κ2) is 18.2. The predicted octanol–water partition coefficient (Wildman–Crippen LogP) is 9.62. The normalized spacial score (nSPS) is 13.6. The Bertz CT molecular complexity index is 633. The second-order valence-electron chi connectivity index (χ2n) is 9.07. The lowest BCUT2D eigenvalue weighted by Gasteiger charge is -2.03. The van der Waals surface area contributed by atoms with E-state index in [1.54, 1.807) is 0 Å². The van der Waals surface area contributed by atoms with Gasteiger partial charge in [-0.3, -0.25) is 4.79 Å². The van der Waals surface area contributed by atoms with Crippen LogP contribution in [0.25, 0.3) is 0 Å². The number of ketones is 1. The minimum atomic E-state index is 0.368. The molecule has 0 aromatic carbocycles. The van der Waals surface area contributed by atoms with E-state index < -0.39 is 0 Å². The summed E-state index contributed by atoms with van der Waals surface area (Å²) in [4.78, 5) is 11.4. The Morgan fingerprint density at radius 1 is 0.500 bits per heavy atom. The first-order valence-corrected chi connectivity index (χ1v) is 12.0. The average molecular weight is 413 g/mol. The zero-order valence-corrected chi connectivity index (χ0v) is 21.1. The van der Waals surface area contributed by atoms with Crippen molar-refractivity contribution in [2.75, 3.05) is 0 Å². The van der Waals surface area contributed by atoms with Crippen molar-refractivity contribution in [3.8, 4) is 0 Å². The SMILES string of the molecule is CCC(=O)CC/C(C)=C/CC/C(C)=C/CC/C=C(\C)CC/C=C(\C)CCC=C(C)C. The maximum Gasteiger partial charge on any atom is 0.132 e. The Morgan fingerprint density at radius 2 is 0.867 bits per heavy atom. The molecule has 30 heavy (non-hydrogen) atoms. The van der Waals surface area contributed by atoms with Crippen LogP contribution in [0.15, 0.2) is 58.2 Å². The van der Waals surface area contributed by atoms with Gasteiger partial charge in [0.2, 0.25) is 0 Å². The van der Waals surface area contributed by atoms with E-state index in [4.69, 9.17) is 0 Å². The van der Waals surface area contributed by atoms with Crippen molar-refractivity contribution in [3.05, 3.63) is 58.2 Å². The maximum absolute atomic E-state index is 11.4. The lowest BCUT2D eigenvalue weighted by Crippen LogP contribution is -1.94. The summed E-state index contributed by atoms with van der Waals surface area (Å²) in [6.07, 6.45) is 23.3. The molecule has 0 atom stereocenters. The van der Waals surface area contributed by atoms with Crippen LogP contribution in [0.1, 0.15) is 119 Å². The number of rotatable bonds is 16. The highest BCUT2D eigenvalue weighted by molar-refractivity contribution is 5.78. The first kappa shape index (κ1) is 28.4. The molecule has 0 amide bonds. The van der Waals surface area contributed by atoms with Crippen LogP contribution < -0.4 is 0 Å². The molecule has 0 aliphatic heterocycles. The quantitative estimate of drug-likeness (QED) is 0.182. The van der Waals surface area contributed by atoms with Crippen LogP contribution in [-0.4, -0.2) is 5.78 Å². The van der Waals surface area contributed by atoms with E-state index in [9.17, 15) is 4.79 Å². The molecule has 0 radical (unpaired) electrons. The van der Waals surface area contributed by atoms with Gasteiger partial charge in [-0.05, 0) is 99.3 Å². The molecule has 170 valence electrons. The van der Waals surface area contributed by atoms with Crippen molar-refractivity contribution < 1.29 is 4.79 Å². The van der Waals surface area contributed by atoms with Crippen molar-refractivity contribution in [2.45, 2.75) is 119 Å². The Morgan fingerprint density at radius 3 is 1.27 bits per heavy atom. The van der Waals surface area contributed by atoms with Crippen molar-refractivity contribution in [1.82, 2.24) is 0 Å². The second-order valence-corrected chi connectivity index (χ2v) is 9.07. The van der Waals surface area contributed by atoms with Crippen LogP contribution in [0.3, 0.4) is 0 Å². The smallest absolute Gasteiger partial charge is 0.132 e. The lowest BCUT2D eigenvalue weighted by atomic mass is 10.0. The molecular formula is C29H48O. The Kier molecular flexibility index (Phi) is 17.2. The zero-order valence-electron chi connectivity index (χ0n) is 21.1. The zero-order chi connectivity index (χ0) is 22.8. The highest BCUT2D eigenvalue weighted by Gasteiger charge is 1.99. The number of hydrogen-bond donors (Lipinski definition) is 0. The highest BCUT2D eigenvalue weighted by atomic mass is 16.1. The standard InChI is InChI=1S/C29H48O/c1-8-29(30)23-22-28(7)21-13-19-26(5)16-10-9-15-25(4)18-12-20-27(6)17-11-14-24(2)3/h14-16,20-21H,8-13,17-19,22-23H2,1-7H3/b25-15+,26-16+,27-20+,28-21+. The molecule has 0 rings (SSSR count). The molecule has 0 N–H and O–H groups in total. The summed E-state index contributed by atoms with van der Waals surface area (Å²) < 4.78 is 0. The number of unbranched alkanes of at least 4 members (excludes halogenated alkanes) is 1. The molecule has 0 aromatic heterocycles. The first-order chi connectivity index (χ1) is 14.2. The van der Waals surface area contributed by atoms with E-state index in [-0.39, 0.29) is 0 Å². The number of allylic oxidation sites excluding steroid dienone is 10. The third-order valence-corrected chi connectivity index (χ3v) is 5.50. The molecule has 0 bridgehead atoms. The summed E-state index contributed by atoms with van der Waals surface area (Å²) in [5.41, 5.74) is 7.27. The van der Waals surface area contributed by atoms with E-state index in [0.717, 1.165) is 38.5 Å². The maximum atomic E-state index is 11.4. The third-order valence-electron chi connectivity index (χ3n) is 5.50. The summed E-state index contributed by atoms with van der Waals surface area (Å²) in [5.74, 6) is 0.368. The Hall–Kier alpha value is -1.63. The minimum absolute atomic E-state index is 0.368. The summed E-state index contributed by atoms with van der Waals surface area (Å²) in [7, 11) is 0. The van der Waals surface area contributed by atoms with E-state index in [1.807, 2.05) is 6.92 Å². The van der Waals surface area contributed by atoms with Gasteiger partial charge < -0.3 is 0 Å². The molecule has 0 aromatic rings. The topological polar surface area (TPSA) is 17.1 Å². The lowest BCUT2D eigenvalue weighted by molar-refractivity contribution is -0.118. The fourth-order valence-electron chi connectivity index (χ4n) is 3.26. The molecule has 0 saturated heterocycles. The van der Waals surface area contributed by atoms with Gasteiger partial charge in [0.1, 0.15) is 5.78 Å². The number of carbonyl (C=O) groups excluding carboxylic acids is 1. The van der Waals surface area contributed by atoms with Crippen LogP contribution in [0.2, 0.25) is 0 Å². The van der Waals surface area contributed by atoms with Gasteiger partial charge in [0.05, 0.1) is 0 Å². The van der Waals surface area contributed by atoms with Gasteiger partial charge in [0.15, 0.2) is 0 Å². The average Bonchev–Trinajstić information content (AvgIpc) is 2.69. The summed E-state index contributed by atoms with van der Waals surface area (Å²) in [5, 5.41) is 0. The summed E-state index contributed by atoms with van der Waals surface area (Å²) in [6.45, 7) is 15.2. The van der Waals surface area contributed by atoms with Crippen molar-refractivity contribution >= 4 is 5.78 Å². The Balaban J connectivity index is 4.05. The van der Waals surface area contributed by atoms with Gasteiger partial charge in [-0.1, -0.05) is 65.2 Å². The van der Waals surface area contributed by atoms with E-state index >= 15 is 0 Å². The van der Waals surface area contributed by atoms with Gasteiger partial charge in [0.25, 0.3) is 0 Å². The molecule has 0 fully saturated rings. The number of hydrogen-bond acceptors (Lipinski definition) is 1. The monoisotopic (exact) mass is 412 g/mol. The van der Waals surface area contributed by atoms with Gasteiger partial charge in [-0.2, -0.15) is 0 Å². The summed E-state index contributed by atoms with van der Waals surface area (Å²) >= 11 is 0. The van der Waals surface area contributed by atoms with Crippen LogP contribution in [0, 0.1) is 0 Å².